The summed E-state index contributed by atoms with van der Waals surface area (Å²) >= 11 is 0. The van der Waals surface area contributed by atoms with Crippen molar-refractivity contribution >= 4 is 15.9 Å². The molecule has 1 rings (SSSR count). The Morgan fingerprint density at radius 2 is 1.84 bits per heavy atom. The molecule has 7 nitrogen and oxygen atoms in total. The topological polar surface area (TPSA) is 116 Å². The molecule has 0 unspecified atom stereocenters. The summed E-state index contributed by atoms with van der Waals surface area (Å²) < 4.78 is 24.9. The highest BCUT2D eigenvalue weighted by Gasteiger charge is 2.16. The van der Waals surface area contributed by atoms with Gasteiger partial charge in [-0.05, 0) is 12.1 Å². The molecule has 0 aliphatic heterocycles. The van der Waals surface area contributed by atoms with E-state index in [9.17, 15) is 23.4 Å². The van der Waals surface area contributed by atoms with E-state index in [0.29, 0.717) is 0 Å². The van der Waals surface area contributed by atoms with Gasteiger partial charge in [-0.1, -0.05) is 13.0 Å². The number of phenols is 2. The molecule has 0 radical (unpaired) electrons. The fraction of sp³-hybridized carbons (Fsp3) is 0.364. The van der Waals surface area contributed by atoms with Crippen LogP contribution < -0.4 is 10.0 Å². The Bertz CT molecular complexity index is 536. The Morgan fingerprint density at radius 3 is 2.37 bits per heavy atom. The second-order valence-corrected chi connectivity index (χ2v) is 5.67. The molecule has 0 aromatic heterocycles. The number of hydrogen-bond donors (Lipinski definition) is 4. The quantitative estimate of drug-likeness (QED) is 0.577. The van der Waals surface area contributed by atoms with Gasteiger partial charge in [0.25, 0.3) is 5.91 Å². The summed E-state index contributed by atoms with van der Waals surface area (Å²) in [6.07, 6.45) is 0. The molecule has 4 N–H and O–H groups in total. The number of aromatic hydroxyl groups is 2. The minimum absolute atomic E-state index is 0.123. The summed E-state index contributed by atoms with van der Waals surface area (Å²) in [4.78, 5) is 11.7. The van der Waals surface area contributed by atoms with Crippen LogP contribution in [0.5, 0.6) is 11.5 Å². The lowest BCUT2D eigenvalue weighted by Gasteiger charge is -2.08. The van der Waals surface area contributed by atoms with Crippen molar-refractivity contribution in [2.24, 2.45) is 0 Å². The predicted octanol–water partition coefficient (Wildman–Crippen LogP) is -0.233. The lowest BCUT2D eigenvalue weighted by atomic mass is 10.1. The Labute approximate surface area is 111 Å². The highest BCUT2D eigenvalue weighted by Crippen LogP contribution is 2.25. The Balaban J connectivity index is 2.62. The van der Waals surface area contributed by atoms with E-state index in [0.717, 1.165) is 0 Å². The molecule has 0 aliphatic rings. The number of nitrogens with one attached hydrogen (secondary N) is 2. The lowest BCUT2D eigenvalue weighted by Crippen LogP contribution is -2.34. The Hall–Kier alpha value is -1.80. The van der Waals surface area contributed by atoms with Crippen LogP contribution in [0.15, 0.2) is 18.2 Å². The number of rotatable bonds is 6. The summed E-state index contributed by atoms with van der Waals surface area (Å²) in [6, 6.07) is 3.89. The third-order valence-corrected chi connectivity index (χ3v) is 3.74. The van der Waals surface area contributed by atoms with Gasteiger partial charge in [0.1, 0.15) is 17.1 Å². The molecular formula is C11H16N2O5S. The zero-order chi connectivity index (χ0) is 14.5. The molecule has 19 heavy (non-hydrogen) atoms. The molecule has 0 heterocycles. The molecule has 0 saturated carbocycles. The Kier molecular flexibility index (Phi) is 5.13. The number of sulfonamides is 1. The summed E-state index contributed by atoms with van der Waals surface area (Å²) in [5, 5.41) is 21.2. The van der Waals surface area contributed by atoms with Crippen LogP contribution in [0.2, 0.25) is 0 Å². The number of benzene rings is 1. The van der Waals surface area contributed by atoms with Gasteiger partial charge in [0.15, 0.2) is 0 Å². The van der Waals surface area contributed by atoms with Gasteiger partial charge in [0.2, 0.25) is 10.0 Å². The molecule has 8 heteroatoms. The van der Waals surface area contributed by atoms with E-state index in [2.05, 4.69) is 10.0 Å². The fourth-order valence-electron chi connectivity index (χ4n) is 1.44. The van der Waals surface area contributed by atoms with Gasteiger partial charge in [-0.3, -0.25) is 4.79 Å². The molecule has 0 fully saturated rings. The molecule has 0 bridgehead atoms. The normalized spacial score (nSPS) is 11.2. The first-order valence-corrected chi connectivity index (χ1v) is 7.29. The van der Waals surface area contributed by atoms with E-state index in [-0.39, 0.29) is 35.9 Å². The first kappa shape index (κ1) is 15.3. The molecule has 1 aromatic carbocycles. The van der Waals surface area contributed by atoms with Crippen LogP contribution >= 0.6 is 0 Å². The average molecular weight is 288 g/mol. The molecule has 0 atom stereocenters. The van der Waals surface area contributed by atoms with Gasteiger partial charge < -0.3 is 15.5 Å². The number of carbonyl (C=O) groups is 1. The van der Waals surface area contributed by atoms with Crippen LogP contribution in [0.25, 0.3) is 0 Å². The van der Waals surface area contributed by atoms with Gasteiger partial charge in [-0.15, -0.1) is 0 Å². The van der Waals surface area contributed by atoms with Gasteiger partial charge in [0, 0.05) is 13.1 Å². The maximum absolute atomic E-state index is 11.7. The third kappa shape index (κ3) is 4.42. The van der Waals surface area contributed by atoms with Crippen LogP contribution in [-0.2, 0) is 10.0 Å². The minimum atomic E-state index is -3.42. The number of hydrogen-bond acceptors (Lipinski definition) is 5. The second-order valence-electron chi connectivity index (χ2n) is 3.74. The monoisotopic (exact) mass is 288 g/mol. The summed E-state index contributed by atoms with van der Waals surface area (Å²) in [7, 11) is -3.42. The van der Waals surface area contributed by atoms with Crippen molar-refractivity contribution in [1.29, 1.82) is 0 Å². The molecule has 0 saturated heterocycles. The molecule has 0 spiro atoms. The van der Waals surface area contributed by atoms with Crippen LogP contribution in [0, 0.1) is 0 Å². The zero-order valence-corrected chi connectivity index (χ0v) is 11.2. The SMILES string of the molecule is CCNS(=O)(=O)CCNC(=O)c1c(O)cccc1O. The van der Waals surface area contributed by atoms with Crippen LogP contribution in [0.3, 0.4) is 0 Å². The zero-order valence-electron chi connectivity index (χ0n) is 10.4. The van der Waals surface area contributed by atoms with Gasteiger partial charge in [-0.25, -0.2) is 13.1 Å². The van der Waals surface area contributed by atoms with E-state index >= 15 is 0 Å². The molecule has 0 aliphatic carbocycles. The fourth-order valence-corrected chi connectivity index (χ4v) is 2.40. The summed E-state index contributed by atoms with van der Waals surface area (Å²) in [6.45, 7) is 1.80. The second kappa shape index (κ2) is 6.39. The van der Waals surface area contributed by atoms with Crippen LogP contribution in [0.4, 0.5) is 0 Å². The van der Waals surface area contributed by atoms with Crippen molar-refractivity contribution in [3.8, 4) is 11.5 Å². The van der Waals surface area contributed by atoms with Crippen molar-refractivity contribution in [3.63, 3.8) is 0 Å². The van der Waals surface area contributed by atoms with Crippen molar-refractivity contribution < 1.29 is 23.4 Å². The third-order valence-electron chi connectivity index (χ3n) is 2.27. The standard InChI is InChI=1S/C11H16N2O5S/c1-2-13-19(17,18)7-6-12-11(16)10-8(14)4-3-5-9(10)15/h3-5,13-15H,2,6-7H2,1H3,(H,12,16). The number of phenolic OH excluding ortho intramolecular Hbond substituents is 2. The average Bonchev–Trinajstić information content (AvgIpc) is 2.28. The smallest absolute Gasteiger partial charge is 0.258 e. The molecule has 106 valence electrons. The Morgan fingerprint density at radius 1 is 1.26 bits per heavy atom. The minimum Gasteiger partial charge on any atom is -0.507 e. The molecule has 1 amide bonds. The maximum atomic E-state index is 11.7. The van der Waals surface area contributed by atoms with Gasteiger partial charge in [-0.2, -0.15) is 0 Å². The van der Waals surface area contributed by atoms with E-state index in [1.54, 1.807) is 6.92 Å². The van der Waals surface area contributed by atoms with E-state index in [1.165, 1.54) is 18.2 Å². The van der Waals surface area contributed by atoms with Gasteiger partial charge >= 0.3 is 0 Å². The van der Waals surface area contributed by atoms with Gasteiger partial charge in [0.05, 0.1) is 5.75 Å². The van der Waals surface area contributed by atoms with Crippen LogP contribution in [0.1, 0.15) is 17.3 Å². The van der Waals surface area contributed by atoms with E-state index in [4.69, 9.17) is 0 Å². The summed E-state index contributed by atoms with van der Waals surface area (Å²) in [5.74, 6) is -1.75. The van der Waals surface area contributed by atoms with E-state index < -0.39 is 15.9 Å². The molecule has 1 aromatic rings. The van der Waals surface area contributed by atoms with Crippen molar-refractivity contribution in [1.82, 2.24) is 10.0 Å². The highest BCUT2D eigenvalue weighted by molar-refractivity contribution is 7.89. The maximum Gasteiger partial charge on any atom is 0.258 e. The van der Waals surface area contributed by atoms with Crippen molar-refractivity contribution in [2.45, 2.75) is 6.92 Å². The number of amides is 1. The first-order chi connectivity index (χ1) is 8.87. The number of carbonyl (C=O) groups excluding carboxylic acids is 1. The lowest BCUT2D eigenvalue weighted by molar-refractivity contribution is 0.0950. The first-order valence-electron chi connectivity index (χ1n) is 5.64. The highest BCUT2D eigenvalue weighted by atomic mass is 32.2. The van der Waals surface area contributed by atoms with Crippen LogP contribution in [-0.4, -0.2) is 43.4 Å². The largest absolute Gasteiger partial charge is 0.507 e. The molecular weight excluding hydrogens is 272 g/mol. The summed E-state index contributed by atoms with van der Waals surface area (Å²) in [5.41, 5.74) is -0.275. The van der Waals surface area contributed by atoms with E-state index in [1.807, 2.05) is 0 Å². The predicted molar refractivity (Wildman–Crippen MR) is 69.6 cm³/mol. The van der Waals surface area contributed by atoms with Crippen molar-refractivity contribution in [3.05, 3.63) is 23.8 Å². The van der Waals surface area contributed by atoms with Crippen molar-refractivity contribution in [2.75, 3.05) is 18.8 Å².